The minimum Gasteiger partial charge on any atom is -0.494 e. The molecule has 0 saturated heterocycles. The summed E-state index contributed by atoms with van der Waals surface area (Å²) in [5.41, 5.74) is -0.252. The van der Waals surface area contributed by atoms with Gasteiger partial charge >= 0.3 is 0 Å². The second-order valence-electron chi connectivity index (χ2n) is 5.52. The highest BCUT2D eigenvalue weighted by atomic mass is 32.2. The third-order valence-corrected chi connectivity index (χ3v) is 6.66. The smallest absolute Gasteiger partial charge is 0.274 e. The van der Waals surface area contributed by atoms with Crippen LogP contribution in [-0.2, 0) is 16.6 Å². The van der Waals surface area contributed by atoms with Crippen molar-refractivity contribution in [3.8, 4) is 5.75 Å². The van der Waals surface area contributed by atoms with E-state index in [9.17, 15) is 13.2 Å². The molecule has 0 aliphatic heterocycles. The molecule has 1 atom stereocenters. The second kappa shape index (κ2) is 6.95. The van der Waals surface area contributed by atoms with Crippen LogP contribution in [0.2, 0.25) is 0 Å². The summed E-state index contributed by atoms with van der Waals surface area (Å²) < 4.78 is 34.0. The lowest BCUT2D eigenvalue weighted by atomic mass is 10.2. The van der Waals surface area contributed by atoms with Crippen LogP contribution in [0.4, 0.5) is 0 Å². The van der Waals surface area contributed by atoms with Gasteiger partial charge in [0.1, 0.15) is 5.75 Å². The van der Waals surface area contributed by atoms with Crippen molar-refractivity contribution < 1.29 is 13.2 Å². The van der Waals surface area contributed by atoms with E-state index in [1.807, 2.05) is 12.1 Å². The maximum atomic E-state index is 12.5. The van der Waals surface area contributed by atoms with Crippen molar-refractivity contribution in [2.75, 3.05) is 7.11 Å². The van der Waals surface area contributed by atoms with Crippen LogP contribution < -0.4 is 15.0 Å². The predicted octanol–water partition coefficient (Wildman–Crippen LogP) is 1.83. The zero-order valence-electron chi connectivity index (χ0n) is 13.7. The van der Waals surface area contributed by atoms with Gasteiger partial charge in [-0.1, -0.05) is 18.2 Å². The summed E-state index contributed by atoms with van der Waals surface area (Å²) in [5.74, 6) is 0.297. The number of methoxy groups -OCH3 is 1. The molecule has 25 heavy (non-hydrogen) atoms. The van der Waals surface area contributed by atoms with Crippen LogP contribution in [0.5, 0.6) is 5.75 Å². The van der Waals surface area contributed by atoms with Crippen molar-refractivity contribution in [1.29, 1.82) is 0 Å². The van der Waals surface area contributed by atoms with Crippen LogP contribution in [0.1, 0.15) is 6.92 Å². The summed E-state index contributed by atoms with van der Waals surface area (Å²) in [6.45, 7) is 1.80. The lowest BCUT2D eigenvalue weighted by Gasteiger charge is -2.15. The number of rotatable bonds is 6. The van der Waals surface area contributed by atoms with Gasteiger partial charge in [-0.3, -0.25) is 4.79 Å². The van der Waals surface area contributed by atoms with Gasteiger partial charge in [-0.25, -0.2) is 17.8 Å². The van der Waals surface area contributed by atoms with E-state index < -0.39 is 16.1 Å². The molecule has 1 N–H and O–H groups in total. The Morgan fingerprint density at radius 3 is 2.84 bits per heavy atom. The standard InChI is InChI=1S/C16H17N3O4S2/c1-11(18-25(21,22)16-14(23-2)7-8-24-16)10-19-15(20)13-6-4-3-5-12(13)9-17-19/h3-9,11,18H,10H2,1-2H3/t11-/m0/s1. The molecule has 3 aromatic rings. The van der Waals surface area contributed by atoms with E-state index in [1.165, 1.54) is 11.8 Å². The van der Waals surface area contributed by atoms with E-state index in [4.69, 9.17) is 4.74 Å². The quantitative estimate of drug-likeness (QED) is 0.706. The van der Waals surface area contributed by atoms with E-state index in [-0.39, 0.29) is 16.3 Å². The van der Waals surface area contributed by atoms with Crippen molar-refractivity contribution in [1.82, 2.24) is 14.5 Å². The minimum absolute atomic E-state index is 0.112. The van der Waals surface area contributed by atoms with Gasteiger partial charge in [0, 0.05) is 11.4 Å². The van der Waals surface area contributed by atoms with Crippen molar-refractivity contribution in [3.05, 3.63) is 52.3 Å². The Hall–Kier alpha value is -2.23. The van der Waals surface area contributed by atoms with Crippen molar-refractivity contribution in [2.24, 2.45) is 0 Å². The highest BCUT2D eigenvalue weighted by Gasteiger charge is 2.23. The van der Waals surface area contributed by atoms with Crippen LogP contribution in [-0.4, -0.2) is 31.3 Å². The Bertz CT molecular complexity index is 1060. The maximum Gasteiger partial charge on any atom is 0.274 e. The Morgan fingerprint density at radius 1 is 1.32 bits per heavy atom. The molecule has 3 rings (SSSR count). The molecule has 0 saturated carbocycles. The highest BCUT2D eigenvalue weighted by molar-refractivity contribution is 7.91. The van der Waals surface area contributed by atoms with E-state index >= 15 is 0 Å². The molecule has 0 bridgehead atoms. The van der Waals surface area contributed by atoms with Gasteiger partial charge < -0.3 is 4.74 Å². The van der Waals surface area contributed by atoms with Crippen molar-refractivity contribution >= 4 is 32.1 Å². The fourth-order valence-electron chi connectivity index (χ4n) is 2.50. The summed E-state index contributed by atoms with van der Waals surface area (Å²) in [6, 6.07) is 8.22. The number of sulfonamides is 1. The summed E-state index contributed by atoms with van der Waals surface area (Å²) >= 11 is 1.07. The molecule has 0 unspecified atom stereocenters. The number of fused-ring (bicyclic) bond motifs is 1. The van der Waals surface area contributed by atoms with Gasteiger partial charge in [-0.2, -0.15) is 5.10 Å². The number of nitrogens with zero attached hydrogens (tertiary/aromatic N) is 2. The summed E-state index contributed by atoms with van der Waals surface area (Å²) in [7, 11) is -2.31. The molecule has 0 fully saturated rings. The monoisotopic (exact) mass is 379 g/mol. The van der Waals surface area contributed by atoms with Crippen LogP contribution in [0.15, 0.2) is 50.9 Å². The average molecular weight is 379 g/mol. The number of hydrogen-bond donors (Lipinski definition) is 1. The third kappa shape index (κ3) is 3.58. The Balaban J connectivity index is 1.82. The summed E-state index contributed by atoms with van der Waals surface area (Å²) in [6.07, 6.45) is 1.60. The molecule has 0 radical (unpaired) electrons. The number of benzene rings is 1. The number of hydrogen-bond acceptors (Lipinski definition) is 6. The Kier molecular flexibility index (Phi) is 4.89. The van der Waals surface area contributed by atoms with Crippen LogP contribution in [0.25, 0.3) is 10.8 Å². The van der Waals surface area contributed by atoms with Crippen molar-refractivity contribution in [3.63, 3.8) is 0 Å². The fourth-order valence-corrected chi connectivity index (χ4v) is 5.03. The summed E-state index contributed by atoms with van der Waals surface area (Å²) in [5, 5.41) is 7.07. The van der Waals surface area contributed by atoms with Gasteiger partial charge in [0.2, 0.25) is 0 Å². The van der Waals surface area contributed by atoms with Crippen LogP contribution >= 0.6 is 11.3 Å². The van der Waals surface area contributed by atoms with E-state index in [2.05, 4.69) is 9.82 Å². The largest absolute Gasteiger partial charge is 0.494 e. The van der Waals surface area contributed by atoms with Gasteiger partial charge in [0.05, 0.1) is 25.2 Å². The lowest BCUT2D eigenvalue weighted by Crippen LogP contribution is -2.38. The average Bonchev–Trinajstić information content (AvgIpc) is 3.07. The minimum atomic E-state index is -3.73. The fraction of sp³-hybridized carbons (Fsp3) is 0.250. The van der Waals surface area contributed by atoms with Gasteiger partial charge in [0.15, 0.2) is 4.21 Å². The molecular formula is C16H17N3O4S2. The molecule has 9 heteroatoms. The summed E-state index contributed by atoms with van der Waals surface area (Å²) in [4.78, 5) is 12.5. The molecule has 132 valence electrons. The molecular weight excluding hydrogens is 362 g/mol. The van der Waals surface area contributed by atoms with E-state index in [0.717, 1.165) is 16.7 Å². The molecule has 7 nitrogen and oxygen atoms in total. The zero-order valence-corrected chi connectivity index (χ0v) is 15.3. The van der Waals surface area contributed by atoms with E-state index in [1.54, 1.807) is 36.7 Å². The van der Waals surface area contributed by atoms with Gasteiger partial charge in [-0.05, 0) is 24.4 Å². The number of nitrogens with one attached hydrogen (secondary N) is 1. The highest BCUT2D eigenvalue weighted by Crippen LogP contribution is 2.29. The van der Waals surface area contributed by atoms with Crippen LogP contribution in [0.3, 0.4) is 0 Å². The van der Waals surface area contributed by atoms with E-state index in [0.29, 0.717) is 11.1 Å². The molecule has 1 aromatic carbocycles. The molecule has 0 spiro atoms. The Labute approximate surface area is 148 Å². The Morgan fingerprint density at radius 2 is 2.08 bits per heavy atom. The SMILES string of the molecule is COc1ccsc1S(=O)(=O)N[C@@H](C)Cn1ncc2ccccc2c1=O. The first kappa shape index (κ1) is 17.6. The lowest BCUT2D eigenvalue weighted by molar-refractivity contribution is 0.405. The molecule has 2 heterocycles. The third-order valence-electron chi connectivity index (χ3n) is 3.62. The maximum absolute atomic E-state index is 12.5. The van der Waals surface area contributed by atoms with Crippen molar-refractivity contribution in [2.45, 2.75) is 23.7 Å². The zero-order chi connectivity index (χ0) is 18.0. The first-order chi connectivity index (χ1) is 11.9. The number of ether oxygens (including phenoxy) is 1. The predicted molar refractivity (Wildman–Crippen MR) is 96.7 cm³/mol. The van der Waals surface area contributed by atoms with Gasteiger partial charge in [0.25, 0.3) is 15.6 Å². The normalized spacial score (nSPS) is 13.0. The molecule has 0 aliphatic rings. The van der Waals surface area contributed by atoms with Gasteiger partial charge in [-0.15, -0.1) is 11.3 Å². The molecule has 0 amide bonds. The number of thiophene rings is 1. The van der Waals surface area contributed by atoms with Crippen LogP contribution in [0, 0.1) is 0 Å². The first-order valence-electron chi connectivity index (χ1n) is 7.51. The molecule has 2 aromatic heterocycles. The molecule has 0 aliphatic carbocycles. The number of aromatic nitrogens is 2. The first-order valence-corrected chi connectivity index (χ1v) is 9.87. The topological polar surface area (TPSA) is 90.3 Å². The second-order valence-corrected chi connectivity index (χ2v) is 8.34.